The first-order valence-electron chi connectivity index (χ1n) is 4.74. The molecule has 1 aromatic carbocycles. The summed E-state index contributed by atoms with van der Waals surface area (Å²) in [5.41, 5.74) is 6.41. The van der Waals surface area contributed by atoms with Crippen molar-refractivity contribution in [3.05, 3.63) is 35.1 Å². The topological polar surface area (TPSA) is 43.1 Å². The standard InChI is InChI=1S/C12H12FNOS/c1-9(15)16-6-2-3-10-4-5-11(8-14)12(13)7-10/h4-5,7H,6,8,14H2,1H3. The first-order chi connectivity index (χ1) is 7.63. The fourth-order valence-corrected chi connectivity index (χ4v) is 1.41. The van der Waals surface area contributed by atoms with Crippen LogP contribution in [0.15, 0.2) is 18.2 Å². The van der Waals surface area contributed by atoms with E-state index in [0.717, 1.165) is 11.8 Å². The third-order valence-electron chi connectivity index (χ3n) is 1.85. The van der Waals surface area contributed by atoms with E-state index in [-0.39, 0.29) is 17.5 Å². The fourth-order valence-electron chi connectivity index (χ4n) is 1.07. The lowest BCUT2D eigenvalue weighted by Crippen LogP contribution is -1.99. The van der Waals surface area contributed by atoms with Gasteiger partial charge in [-0.2, -0.15) is 0 Å². The molecule has 0 aromatic heterocycles. The average Bonchev–Trinajstić information content (AvgIpc) is 2.24. The van der Waals surface area contributed by atoms with E-state index >= 15 is 0 Å². The van der Waals surface area contributed by atoms with Crippen molar-refractivity contribution in [3.63, 3.8) is 0 Å². The highest BCUT2D eigenvalue weighted by atomic mass is 32.2. The molecule has 2 nitrogen and oxygen atoms in total. The van der Waals surface area contributed by atoms with Gasteiger partial charge in [0.1, 0.15) is 5.82 Å². The molecule has 0 aliphatic carbocycles. The van der Waals surface area contributed by atoms with Gasteiger partial charge in [-0.15, -0.1) is 0 Å². The molecule has 84 valence electrons. The SMILES string of the molecule is CC(=O)SCC#Cc1ccc(CN)c(F)c1. The highest BCUT2D eigenvalue weighted by molar-refractivity contribution is 8.13. The van der Waals surface area contributed by atoms with Gasteiger partial charge in [-0.05, 0) is 12.1 Å². The minimum absolute atomic E-state index is 0.0268. The maximum atomic E-state index is 13.3. The Balaban J connectivity index is 2.67. The average molecular weight is 237 g/mol. The normalized spacial score (nSPS) is 9.44. The zero-order valence-electron chi connectivity index (χ0n) is 8.92. The fraction of sp³-hybridized carbons (Fsp3) is 0.250. The second kappa shape index (κ2) is 6.31. The Kier molecular flexibility index (Phi) is 5.03. The molecule has 1 aromatic rings. The molecule has 0 amide bonds. The molecule has 0 heterocycles. The summed E-state index contributed by atoms with van der Waals surface area (Å²) in [6.45, 7) is 1.67. The van der Waals surface area contributed by atoms with Crippen LogP contribution < -0.4 is 5.73 Å². The third kappa shape index (κ3) is 4.05. The van der Waals surface area contributed by atoms with Crippen LogP contribution in [-0.2, 0) is 11.3 Å². The van der Waals surface area contributed by atoms with Crippen LogP contribution >= 0.6 is 11.8 Å². The van der Waals surface area contributed by atoms with Crippen molar-refractivity contribution >= 4 is 16.9 Å². The van der Waals surface area contributed by atoms with Gasteiger partial charge in [-0.25, -0.2) is 4.39 Å². The number of halogens is 1. The molecule has 0 radical (unpaired) electrons. The summed E-state index contributed by atoms with van der Waals surface area (Å²) in [5.74, 6) is 5.67. The van der Waals surface area contributed by atoms with Crippen molar-refractivity contribution in [1.29, 1.82) is 0 Å². The zero-order valence-corrected chi connectivity index (χ0v) is 9.73. The van der Waals surface area contributed by atoms with Crippen molar-refractivity contribution < 1.29 is 9.18 Å². The van der Waals surface area contributed by atoms with Gasteiger partial charge < -0.3 is 5.73 Å². The Hall–Kier alpha value is -1.31. The van der Waals surface area contributed by atoms with Crippen molar-refractivity contribution in [2.75, 3.05) is 5.75 Å². The van der Waals surface area contributed by atoms with E-state index in [4.69, 9.17) is 5.73 Å². The van der Waals surface area contributed by atoms with Crippen LogP contribution in [0.4, 0.5) is 4.39 Å². The molecule has 0 aliphatic rings. The Morgan fingerprint density at radius 3 is 2.88 bits per heavy atom. The Morgan fingerprint density at radius 1 is 1.56 bits per heavy atom. The van der Waals surface area contributed by atoms with Gasteiger partial charge in [-0.1, -0.05) is 29.7 Å². The van der Waals surface area contributed by atoms with Gasteiger partial charge in [0.05, 0.1) is 5.75 Å². The predicted molar refractivity (Wildman–Crippen MR) is 64.3 cm³/mol. The number of carbonyl (C=O) groups is 1. The molecule has 0 fully saturated rings. The summed E-state index contributed by atoms with van der Waals surface area (Å²) in [6.07, 6.45) is 0. The van der Waals surface area contributed by atoms with Gasteiger partial charge in [-0.3, -0.25) is 4.79 Å². The number of hydrogen-bond donors (Lipinski definition) is 1. The van der Waals surface area contributed by atoms with Crippen molar-refractivity contribution in [2.24, 2.45) is 5.73 Å². The minimum Gasteiger partial charge on any atom is -0.326 e. The largest absolute Gasteiger partial charge is 0.326 e. The van der Waals surface area contributed by atoms with Gasteiger partial charge in [0, 0.05) is 24.6 Å². The minimum atomic E-state index is -0.339. The first-order valence-corrected chi connectivity index (χ1v) is 5.72. The van der Waals surface area contributed by atoms with Crippen LogP contribution in [0.3, 0.4) is 0 Å². The lowest BCUT2D eigenvalue weighted by atomic mass is 10.1. The molecule has 0 saturated heterocycles. The van der Waals surface area contributed by atoms with Crippen LogP contribution in [0.1, 0.15) is 18.1 Å². The summed E-state index contributed by atoms with van der Waals surface area (Å²) in [7, 11) is 0. The van der Waals surface area contributed by atoms with E-state index in [9.17, 15) is 9.18 Å². The summed E-state index contributed by atoms with van der Waals surface area (Å²) >= 11 is 1.14. The second-order valence-electron chi connectivity index (χ2n) is 3.09. The summed E-state index contributed by atoms with van der Waals surface area (Å²) in [6, 6.07) is 4.70. The molecule has 0 spiro atoms. The Labute approximate surface area is 98.4 Å². The number of thioether (sulfide) groups is 1. The predicted octanol–water partition coefficient (Wildman–Crippen LogP) is 1.92. The molecule has 1 rings (SSSR count). The second-order valence-corrected chi connectivity index (χ2v) is 4.24. The maximum Gasteiger partial charge on any atom is 0.186 e. The van der Waals surface area contributed by atoms with Gasteiger partial charge in [0.15, 0.2) is 5.12 Å². The smallest absolute Gasteiger partial charge is 0.186 e. The molecule has 0 atom stereocenters. The molecular formula is C12H12FNOS. The molecule has 0 unspecified atom stereocenters. The monoisotopic (exact) mass is 237 g/mol. The van der Waals surface area contributed by atoms with E-state index in [2.05, 4.69) is 11.8 Å². The lowest BCUT2D eigenvalue weighted by Gasteiger charge is -1.98. The van der Waals surface area contributed by atoms with E-state index in [0.29, 0.717) is 16.9 Å². The van der Waals surface area contributed by atoms with Crippen molar-refractivity contribution in [3.8, 4) is 11.8 Å². The molecule has 0 bridgehead atoms. The summed E-state index contributed by atoms with van der Waals surface area (Å²) in [5, 5.41) is 0.0268. The van der Waals surface area contributed by atoms with E-state index < -0.39 is 0 Å². The first kappa shape index (κ1) is 12.8. The van der Waals surface area contributed by atoms with E-state index in [1.807, 2.05) is 0 Å². The highest BCUT2D eigenvalue weighted by Crippen LogP contribution is 2.09. The number of hydrogen-bond acceptors (Lipinski definition) is 3. The Bertz CT molecular complexity index is 448. The van der Waals surface area contributed by atoms with Crippen LogP contribution in [0.25, 0.3) is 0 Å². The molecule has 4 heteroatoms. The third-order valence-corrected chi connectivity index (χ3v) is 2.55. The van der Waals surface area contributed by atoms with Gasteiger partial charge in [0.25, 0.3) is 0 Å². The number of nitrogens with two attached hydrogens (primary N) is 1. The number of carbonyl (C=O) groups excluding carboxylic acids is 1. The summed E-state index contributed by atoms with van der Waals surface area (Å²) < 4.78 is 13.3. The lowest BCUT2D eigenvalue weighted by molar-refractivity contribution is -0.109. The molecule has 0 aliphatic heterocycles. The highest BCUT2D eigenvalue weighted by Gasteiger charge is 1.99. The van der Waals surface area contributed by atoms with Gasteiger partial charge in [0.2, 0.25) is 0 Å². The summed E-state index contributed by atoms with van der Waals surface area (Å²) in [4.78, 5) is 10.6. The Morgan fingerprint density at radius 2 is 2.31 bits per heavy atom. The molecule has 0 saturated carbocycles. The van der Waals surface area contributed by atoms with Crippen molar-refractivity contribution in [2.45, 2.75) is 13.5 Å². The number of rotatable bonds is 2. The zero-order chi connectivity index (χ0) is 12.0. The van der Waals surface area contributed by atoms with Crippen LogP contribution in [0.5, 0.6) is 0 Å². The quantitative estimate of drug-likeness (QED) is 0.799. The molecule has 16 heavy (non-hydrogen) atoms. The molecular weight excluding hydrogens is 225 g/mol. The van der Waals surface area contributed by atoms with Crippen LogP contribution in [0, 0.1) is 17.7 Å². The van der Waals surface area contributed by atoms with Crippen molar-refractivity contribution in [1.82, 2.24) is 0 Å². The molecule has 2 N–H and O–H groups in total. The van der Waals surface area contributed by atoms with Crippen LogP contribution in [0.2, 0.25) is 0 Å². The van der Waals surface area contributed by atoms with E-state index in [1.165, 1.54) is 13.0 Å². The number of benzene rings is 1. The maximum absolute atomic E-state index is 13.3. The van der Waals surface area contributed by atoms with E-state index in [1.54, 1.807) is 12.1 Å². The van der Waals surface area contributed by atoms with Gasteiger partial charge >= 0.3 is 0 Å². The van der Waals surface area contributed by atoms with Crippen LogP contribution in [-0.4, -0.2) is 10.9 Å².